The quantitative estimate of drug-likeness (QED) is 0.858. The molecule has 1 N–H and O–H groups in total. The number of hydrogen-bond donors (Lipinski definition) is 1. The van der Waals surface area contributed by atoms with Gasteiger partial charge in [-0.1, -0.05) is 39.7 Å². The lowest BCUT2D eigenvalue weighted by atomic mass is 10.1. The zero-order valence-electron chi connectivity index (χ0n) is 12.3. The van der Waals surface area contributed by atoms with Gasteiger partial charge in [-0.2, -0.15) is 0 Å². The largest absolute Gasteiger partial charge is 0.341 e. The van der Waals surface area contributed by atoms with E-state index >= 15 is 0 Å². The van der Waals surface area contributed by atoms with Crippen LogP contribution < -0.4 is 10.2 Å². The molecule has 2 aromatic rings. The van der Waals surface area contributed by atoms with Crippen LogP contribution in [0.4, 0.5) is 11.4 Å². The molecule has 0 unspecified atom stereocenters. The lowest BCUT2D eigenvalue weighted by Crippen LogP contribution is -2.19. The number of anilines is 2. The van der Waals surface area contributed by atoms with E-state index in [0.717, 1.165) is 17.6 Å². The maximum Gasteiger partial charge on any atom is 0.0467 e. The molecule has 0 saturated heterocycles. The van der Waals surface area contributed by atoms with Gasteiger partial charge in [0.05, 0.1) is 0 Å². The van der Waals surface area contributed by atoms with Crippen LogP contribution in [0.15, 0.2) is 46.9 Å². The van der Waals surface area contributed by atoms with Gasteiger partial charge < -0.3 is 10.2 Å². The molecule has 0 spiro atoms. The van der Waals surface area contributed by atoms with Crippen LogP contribution in [0.5, 0.6) is 0 Å². The van der Waals surface area contributed by atoms with Gasteiger partial charge in [0.15, 0.2) is 0 Å². The fourth-order valence-corrected chi connectivity index (χ4v) is 2.69. The third kappa shape index (κ3) is 3.41. The Morgan fingerprint density at radius 2 is 1.80 bits per heavy atom. The first-order chi connectivity index (χ1) is 9.65. The van der Waals surface area contributed by atoms with E-state index in [0.29, 0.717) is 0 Å². The summed E-state index contributed by atoms with van der Waals surface area (Å²) in [4.78, 5) is 2.34. The maximum absolute atomic E-state index is 3.58. The van der Waals surface area contributed by atoms with Crippen LogP contribution in [0.1, 0.15) is 18.1 Å². The van der Waals surface area contributed by atoms with Crippen molar-refractivity contribution < 1.29 is 0 Å². The molecule has 2 nitrogen and oxygen atoms in total. The monoisotopic (exact) mass is 332 g/mol. The number of nitrogens with zero attached hydrogens (tertiary/aromatic N) is 1. The van der Waals surface area contributed by atoms with Gasteiger partial charge in [-0.05, 0) is 50.7 Å². The molecule has 0 aliphatic heterocycles. The van der Waals surface area contributed by atoms with Crippen LogP contribution in [0.3, 0.4) is 0 Å². The average molecular weight is 333 g/mol. The Hall–Kier alpha value is -1.32. The number of rotatable bonds is 5. The third-order valence-electron chi connectivity index (χ3n) is 3.37. The van der Waals surface area contributed by atoms with Gasteiger partial charge in [0.25, 0.3) is 0 Å². The summed E-state index contributed by atoms with van der Waals surface area (Å²) in [7, 11) is 1.98. The standard InChI is InChI=1S/C17H21BrN2/c1-4-20(16-9-5-13(2)6-10-16)17-11-15(18)8-7-14(17)12-19-3/h5-11,19H,4,12H2,1-3H3. The van der Waals surface area contributed by atoms with Crippen molar-refractivity contribution in [3.63, 3.8) is 0 Å². The molecule has 0 atom stereocenters. The summed E-state index contributed by atoms with van der Waals surface area (Å²) in [5.74, 6) is 0. The first-order valence-corrected chi connectivity index (χ1v) is 7.72. The van der Waals surface area contributed by atoms with E-state index in [2.05, 4.69) is 82.5 Å². The summed E-state index contributed by atoms with van der Waals surface area (Å²) in [6.45, 7) is 6.11. The Balaban J connectivity index is 2.45. The van der Waals surface area contributed by atoms with Crippen molar-refractivity contribution in [2.75, 3.05) is 18.5 Å². The molecular weight excluding hydrogens is 312 g/mol. The minimum Gasteiger partial charge on any atom is -0.341 e. The molecule has 20 heavy (non-hydrogen) atoms. The Bertz CT molecular complexity index is 564. The second kappa shape index (κ2) is 6.91. The molecule has 106 valence electrons. The van der Waals surface area contributed by atoms with Crippen molar-refractivity contribution >= 4 is 27.3 Å². The Morgan fingerprint density at radius 1 is 1.10 bits per heavy atom. The molecule has 0 fully saturated rings. The van der Waals surface area contributed by atoms with Crippen LogP contribution in [0.25, 0.3) is 0 Å². The molecule has 0 aliphatic carbocycles. The van der Waals surface area contributed by atoms with Crippen LogP contribution in [0.2, 0.25) is 0 Å². The summed E-state index contributed by atoms with van der Waals surface area (Å²) < 4.78 is 1.11. The summed E-state index contributed by atoms with van der Waals surface area (Å²) >= 11 is 3.58. The maximum atomic E-state index is 3.58. The van der Waals surface area contributed by atoms with E-state index in [1.807, 2.05) is 7.05 Å². The lowest BCUT2D eigenvalue weighted by molar-refractivity contribution is 0.812. The summed E-state index contributed by atoms with van der Waals surface area (Å²) in [6.07, 6.45) is 0. The fraction of sp³-hybridized carbons (Fsp3) is 0.294. The molecule has 0 radical (unpaired) electrons. The highest BCUT2D eigenvalue weighted by Gasteiger charge is 2.12. The number of benzene rings is 2. The van der Waals surface area contributed by atoms with E-state index in [4.69, 9.17) is 0 Å². The molecule has 0 saturated carbocycles. The molecule has 2 aromatic carbocycles. The topological polar surface area (TPSA) is 15.3 Å². The molecule has 0 bridgehead atoms. The highest BCUT2D eigenvalue weighted by Crippen LogP contribution is 2.31. The molecule has 0 heterocycles. The molecule has 0 aromatic heterocycles. The summed E-state index contributed by atoms with van der Waals surface area (Å²) in [5.41, 5.74) is 5.07. The van der Waals surface area contributed by atoms with E-state index in [-0.39, 0.29) is 0 Å². The van der Waals surface area contributed by atoms with E-state index in [1.54, 1.807) is 0 Å². The number of aryl methyl sites for hydroxylation is 1. The number of halogens is 1. The normalized spacial score (nSPS) is 10.6. The number of hydrogen-bond acceptors (Lipinski definition) is 2. The summed E-state index contributed by atoms with van der Waals surface area (Å²) in [5, 5.41) is 3.24. The van der Waals surface area contributed by atoms with E-state index < -0.39 is 0 Å². The molecule has 0 aliphatic rings. The van der Waals surface area contributed by atoms with E-state index in [1.165, 1.54) is 22.5 Å². The molecular formula is C17H21BrN2. The summed E-state index contributed by atoms with van der Waals surface area (Å²) in [6, 6.07) is 15.1. The van der Waals surface area contributed by atoms with Crippen molar-refractivity contribution in [3.8, 4) is 0 Å². The third-order valence-corrected chi connectivity index (χ3v) is 3.86. The predicted molar refractivity (Wildman–Crippen MR) is 90.8 cm³/mol. The Morgan fingerprint density at radius 3 is 2.40 bits per heavy atom. The minimum absolute atomic E-state index is 0.866. The lowest BCUT2D eigenvalue weighted by Gasteiger charge is -2.26. The van der Waals surface area contributed by atoms with E-state index in [9.17, 15) is 0 Å². The first-order valence-electron chi connectivity index (χ1n) is 6.93. The first kappa shape index (κ1) is 15.1. The second-order valence-corrected chi connectivity index (χ2v) is 5.80. The predicted octanol–water partition coefficient (Wildman–Crippen LogP) is 4.63. The van der Waals surface area contributed by atoms with Gasteiger partial charge in [0.1, 0.15) is 0 Å². The Kier molecular flexibility index (Phi) is 5.21. The van der Waals surface area contributed by atoms with Gasteiger partial charge in [-0.3, -0.25) is 0 Å². The van der Waals surface area contributed by atoms with Gasteiger partial charge in [0.2, 0.25) is 0 Å². The SMILES string of the molecule is CCN(c1ccc(C)cc1)c1cc(Br)ccc1CNC. The second-order valence-electron chi connectivity index (χ2n) is 4.88. The highest BCUT2D eigenvalue weighted by molar-refractivity contribution is 9.10. The van der Waals surface area contributed by atoms with Crippen LogP contribution in [0, 0.1) is 6.92 Å². The van der Waals surface area contributed by atoms with Gasteiger partial charge in [0, 0.05) is 28.9 Å². The smallest absolute Gasteiger partial charge is 0.0467 e. The van der Waals surface area contributed by atoms with Gasteiger partial charge in [-0.25, -0.2) is 0 Å². The van der Waals surface area contributed by atoms with Crippen molar-refractivity contribution in [1.82, 2.24) is 5.32 Å². The van der Waals surface area contributed by atoms with Crippen LogP contribution in [-0.4, -0.2) is 13.6 Å². The Labute approximate surface area is 129 Å². The van der Waals surface area contributed by atoms with Gasteiger partial charge in [-0.15, -0.1) is 0 Å². The average Bonchev–Trinajstić information content (AvgIpc) is 2.45. The van der Waals surface area contributed by atoms with Crippen molar-refractivity contribution in [2.24, 2.45) is 0 Å². The molecule has 3 heteroatoms. The van der Waals surface area contributed by atoms with Crippen molar-refractivity contribution in [1.29, 1.82) is 0 Å². The van der Waals surface area contributed by atoms with Crippen molar-refractivity contribution in [3.05, 3.63) is 58.1 Å². The van der Waals surface area contributed by atoms with Crippen molar-refractivity contribution in [2.45, 2.75) is 20.4 Å². The number of nitrogens with one attached hydrogen (secondary N) is 1. The van der Waals surface area contributed by atoms with Crippen LogP contribution in [-0.2, 0) is 6.54 Å². The highest BCUT2D eigenvalue weighted by atomic mass is 79.9. The fourth-order valence-electron chi connectivity index (χ4n) is 2.34. The van der Waals surface area contributed by atoms with Crippen LogP contribution >= 0.6 is 15.9 Å². The zero-order valence-corrected chi connectivity index (χ0v) is 13.9. The minimum atomic E-state index is 0.866. The molecule has 0 amide bonds. The molecule has 2 rings (SSSR count). The zero-order chi connectivity index (χ0) is 14.5. The van der Waals surface area contributed by atoms with Gasteiger partial charge >= 0.3 is 0 Å².